The zero-order chi connectivity index (χ0) is 12.8. The van der Waals surface area contributed by atoms with Gasteiger partial charge in [0, 0.05) is 0 Å². The second-order valence-corrected chi connectivity index (χ2v) is 8.12. The van der Waals surface area contributed by atoms with E-state index in [0.29, 0.717) is 5.92 Å². The van der Waals surface area contributed by atoms with Crippen molar-refractivity contribution in [2.75, 3.05) is 6.61 Å². The maximum Gasteiger partial charge on any atom is 0.194 e. The van der Waals surface area contributed by atoms with Crippen LogP contribution in [0.5, 0.6) is 0 Å². The summed E-state index contributed by atoms with van der Waals surface area (Å²) in [5.74, 6) is 0.0304. The fraction of sp³-hybridized carbons (Fsp3) is 1.00. The van der Waals surface area contributed by atoms with Crippen LogP contribution in [0.2, 0.25) is 0 Å². The zero-order valence-corrected chi connectivity index (χ0v) is 14.2. The van der Waals surface area contributed by atoms with Crippen molar-refractivity contribution < 1.29 is 9.47 Å². The fourth-order valence-corrected chi connectivity index (χ4v) is 4.94. The highest BCUT2D eigenvalue weighted by Gasteiger charge is 2.59. The Bertz CT molecular complexity index is 295. The van der Waals surface area contributed by atoms with Crippen LogP contribution in [0.25, 0.3) is 0 Å². The van der Waals surface area contributed by atoms with Gasteiger partial charge in [0.2, 0.25) is 0 Å². The largest absolute Gasteiger partial charge is 0.348 e. The van der Waals surface area contributed by atoms with E-state index >= 15 is 0 Å². The molecule has 0 unspecified atom stereocenters. The highest BCUT2D eigenvalue weighted by molar-refractivity contribution is 9.10. The van der Waals surface area contributed by atoms with Crippen molar-refractivity contribution >= 4 is 31.9 Å². The van der Waals surface area contributed by atoms with E-state index < -0.39 is 5.79 Å². The first-order chi connectivity index (χ1) is 7.79. The van der Waals surface area contributed by atoms with Gasteiger partial charge in [-0.15, -0.1) is 0 Å². The normalized spacial score (nSPS) is 50.5. The molecule has 0 aromatic carbocycles. The molecule has 0 amide bonds. The lowest BCUT2D eigenvalue weighted by atomic mass is 9.69. The quantitative estimate of drug-likeness (QED) is 0.598. The van der Waals surface area contributed by atoms with Crippen molar-refractivity contribution in [1.82, 2.24) is 0 Å². The Morgan fingerprint density at radius 2 is 1.82 bits per heavy atom. The SMILES string of the molecule is C[C@@H]1CC(C)(C)[C@@H](Br)[C@]2(OCC[C@H](C)O2)[C@@H]1Br. The standard InChI is InChI=1S/C13H22Br2O2/c1-8-7-12(3,4)11(15)13(10(8)14)16-6-5-9(2)17-13/h8-11H,5-7H2,1-4H3/t8-,9+,10-,11-,13+/m1/s1. The van der Waals surface area contributed by atoms with Gasteiger partial charge in [-0.05, 0) is 31.1 Å². The van der Waals surface area contributed by atoms with Crippen molar-refractivity contribution in [2.24, 2.45) is 11.3 Å². The van der Waals surface area contributed by atoms with Crippen LogP contribution in [-0.4, -0.2) is 28.2 Å². The Kier molecular flexibility index (Phi) is 4.01. The minimum atomic E-state index is -0.515. The molecule has 1 saturated carbocycles. The molecule has 2 fully saturated rings. The molecular weight excluding hydrogens is 348 g/mol. The van der Waals surface area contributed by atoms with Crippen molar-refractivity contribution in [1.29, 1.82) is 0 Å². The van der Waals surface area contributed by atoms with Gasteiger partial charge in [-0.2, -0.15) is 0 Å². The lowest BCUT2D eigenvalue weighted by Crippen LogP contribution is -2.64. The molecule has 2 aliphatic rings. The molecule has 0 radical (unpaired) electrons. The third-order valence-electron chi connectivity index (χ3n) is 4.01. The Morgan fingerprint density at radius 3 is 2.41 bits per heavy atom. The van der Waals surface area contributed by atoms with Crippen LogP contribution in [0.4, 0.5) is 0 Å². The van der Waals surface area contributed by atoms with Gasteiger partial charge in [-0.1, -0.05) is 52.6 Å². The number of hydrogen-bond donors (Lipinski definition) is 0. The molecule has 2 rings (SSSR count). The van der Waals surface area contributed by atoms with E-state index in [1.807, 2.05) is 0 Å². The maximum atomic E-state index is 6.23. The molecule has 100 valence electrons. The smallest absolute Gasteiger partial charge is 0.194 e. The summed E-state index contributed by atoms with van der Waals surface area (Å²) in [7, 11) is 0. The predicted octanol–water partition coefficient (Wildman–Crippen LogP) is 4.10. The molecule has 0 N–H and O–H groups in total. The molecule has 17 heavy (non-hydrogen) atoms. The van der Waals surface area contributed by atoms with Crippen LogP contribution in [-0.2, 0) is 9.47 Å². The molecule has 0 bridgehead atoms. The van der Waals surface area contributed by atoms with E-state index in [1.54, 1.807) is 0 Å². The van der Waals surface area contributed by atoms with Gasteiger partial charge in [0.1, 0.15) is 0 Å². The van der Waals surface area contributed by atoms with Gasteiger partial charge < -0.3 is 9.47 Å². The van der Waals surface area contributed by atoms with Crippen LogP contribution in [0.3, 0.4) is 0 Å². The van der Waals surface area contributed by atoms with E-state index in [4.69, 9.17) is 9.47 Å². The van der Waals surface area contributed by atoms with E-state index in [0.717, 1.165) is 13.0 Å². The van der Waals surface area contributed by atoms with E-state index in [2.05, 4.69) is 59.6 Å². The van der Waals surface area contributed by atoms with Crippen LogP contribution in [0.1, 0.15) is 40.5 Å². The number of halogens is 2. The van der Waals surface area contributed by atoms with Crippen LogP contribution < -0.4 is 0 Å². The number of alkyl halides is 2. The molecule has 1 aliphatic heterocycles. The van der Waals surface area contributed by atoms with Gasteiger partial charge in [-0.3, -0.25) is 0 Å². The molecule has 1 heterocycles. The molecular formula is C13H22Br2O2. The van der Waals surface area contributed by atoms with Gasteiger partial charge in [-0.25, -0.2) is 0 Å². The van der Waals surface area contributed by atoms with Gasteiger partial charge in [0.25, 0.3) is 0 Å². The highest BCUT2D eigenvalue weighted by atomic mass is 79.9. The average Bonchev–Trinajstić information content (AvgIpc) is 2.24. The second-order valence-electron chi connectivity index (χ2n) is 6.22. The monoisotopic (exact) mass is 368 g/mol. The summed E-state index contributed by atoms with van der Waals surface area (Å²) in [4.78, 5) is 0.459. The second kappa shape index (κ2) is 4.77. The number of ether oxygens (including phenoxy) is 2. The molecule has 1 spiro atoms. The van der Waals surface area contributed by atoms with Crippen LogP contribution in [0, 0.1) is 11.3 Å². The van der Waals surface area contributed by atoms with Gasteiger partial charge in [0.15, 0.2) is 5.79 Å². The zero-order valence-electron chi connectivity index (χ0n) is 11.0. The lowest BCUT2D eigenvalue weighted by molar-refractivity contribution is -0.308. The first kappa shape index (κ1) is 14.3. The summed E-state index contributed by atoms with van der Waals surface area (Å²) in [6.45, 7) is 9.77. The van der Waals surface area contributed by atoms with Crippen molar-refractivity contribution in [2.45, 2.75) is 62.1 Å². The third-order valence-corrected chi connectivity index (χ3v) is 7.43. The minimum absolute atomic E-state index is 0.181. The Balaban J connectivity index is 2.33. The maximum absolute atomic E-state index is 6.23. The van der Waals surface area contributed by atoms with Crippen molar-refractivity contribution in [3.8, 4) is 0 Å². The molecule has 5 atom stereocenters. The van der Waals surface area contributed by atoms with Gasteiger partial charge >= 0.3 is 0 Å². The Morgan fingerprint density at radius 1 is 1.18 bits per heavy atom. The fourth-order valence-electron chi connectivity index (χ4n) is 3.19. The predicted molar refractivity (Wildman–Crippen MR) is 76.8 cm³/mol. The summed E-state index contributed by atoms with van der Waals surface area (Å²) in [6, 6.07) is 0. The third kappa shape index (κ3) is 2.35. The molecule has 0 aromatic heterocycles. The number of hydrogen-bond acceptors (Lipinski definition) is 2. The highest BCUT2D eigenvalue weighted by Crippen LogP contribution is 2.54. The molecule has 1 saturated heterocycles. The molecule has 1 aliphatic carbocycles. The summed E-state index contributed by atoms with van der Waals surface area (Å²) in [6.07, 6.45) is 2.42. The average molecular weight is 370 g/mol. The summed E-state index contributed by atoms with van der Waals surface area (Å²) >= 11 is 7.66. The summed E-state index contributed by atoms with van der Waals surface area (Å²) < 4.78 is 12.3. The molecule has 2 nitrogen and oxygen atoms in total. The van der Waals surface area contributed by atoms with E-state index in [-0.39, 0.29) is 21.2 Å². The topological polar surface area (TPSA) is 18.5 Å². The Labute approximate surface area is 121 Å². The summed E-state index contributed by atoms with van der Waals surface area (Å²) in [5, 5.41) is 0. The first-order valence-corrected chi connectivity index (χ1v) is 8.22. The van der Waals surface area contributed by atoms with Crippen LogP contribution in [0.15, 0.2) is 0 Å². The first-order valence-electron chi connectivity index (χ1n) is 6.39. The Hall–Kier alpha value is 0.880. The van der Waals surface area contributed by atoms with Crippen molar-refractivity contribution in [3.63, 3.8) is 0 Å². The molecule has 0 aromatic rings. The minimum Gasteiger partial charge on any atom is -0.348 e. The van der Waals surface area contributed by atoms with E-state index in [1.165, 1.54) is 6.42 Å². The summed E-state index contributed by atoms with van der Waals surface area (Å²) in [5.41, 5.74) is 0.181. The van der Waals surface area contributed by atoms with Gasteiger partial charge in [0.05, 0.1) is 22.4 Å². The molecule has 4 heteroatoms. The van der Waals surface area contributed by atoms with Crippen LogP contribution >= 0.6 is 31.9 Å². The lowest BCUT2D eigenvalue weighted by Gasteiger charge is -2.56. The van der Waals surface area contributed by atoms with E-state index in [9.17, 15) is 0 Å². The van der Waals surface area contributed by atoms with Crippen molar-refractivity contribution in [3.05, 3.63) is 0 Å². The number of rotatable bonds is 0.